The number of benzene rings is 2. The van der Waals surface area contributed by atoms with Gasteiger partial charge in [0.2, 0.25) is 5.91 Å². The van der Waals surface area contributed by atoms with Gasteiger partial charge in [-0.05, 0) is 48.7 Å². The standard InChI is InChI=1S/C17H20N2O/c1-12-6-4-7-13(2)17(12)11-18-15-8-5-9-16(10-15)19-14(3)20/h4-10,18H,11H2,1-3H3,(H,19,20). The van der Waals surface area contributed by atoms with Crippen LogP contribution in [0.3, 0.4) is 0 Å². The second-order valence-corrected chi connectivity index (χ2v) is 4.99. The van der Waals surface area contributed by atoms with Gasteiger partial charge >= 0.3 is 0 Å². The van der Waals surface area contributed by atoms with Gasteiger partial charge in [-0.1, -0.05) is 24.3 Å². The highest BCUT2D eigenvalue weighted by Gasteiger charge is 2.02. The van der Waals surface area contributed by atoms with Crippen LogP contribution in [0.2, 0.25) is 0 Å². The summed E-state index contributed by atoms with van der Waals surface area (Å²) in [5, 5.41) is 6.19. The summed E-state index contributed by atoms with van der Waals surface area (Å²) in [5.74, 6) is -0.0584. The zero-order valence-corrected chi connectivity index (χ0v) is 12.2. The number of rotatable bonds is 4. The normalized spacial score (nSPS) is 10.2. The number of aryl methyl sites for hydroxylation is 2. The van der Waals surface area contributed by atoms with Crippen molar-refractivity contribution in [2.45, 2.75) is 27.3 Å². The van der Waals surface area contributed by atoms with E-state index in [0.717, 1.165) is 17.9 Å². The van der Waals surface area contributed by atoms with E-state index in [2.05, 4.69) is 42.7 Å². The van der Waals surface area contributed by atoms with Gasteiger partial charge in [0.25, 0.3) is 0 Å². The number of anilines is 2. The SMILES string of the molecule is CC(=O)Nc1cccc(NCc2c(C)cccc2C)c1. The second-order valence-electron chi connectivity index (χ2n) is 4.99. The van der Waals surface area contributed by atoms with Crippen molar-refractivity contribution >= 4 is 17.3 Å². The third kappa shape index (κ3) is 3.60. The molecule has 1 amide bonds. The van der Waals surface area contributed by atoms with Gasteiger partial charge in [-0.25, -0.2) is 0 Å². The molecule has 0 saturated carbocycles. The lowest BCUT2D eigenvalue weighted by molar-refractivity contribution is -0.114. The first-order chi connectivity index (χ1) is 9.56. The number of nitrogens with one attached hydrogen (secondary N) is 2. The molecule has 2 aromatic rings. The van der Waals surface area contributed by atoms with Crippen LogP contribution in [0.4, 0.5) is 11.4 Å². The van der Waals surface area contributed by atoms with Crippen molar-refractivity contribution in [3.05, 3.63) is 59.2 Å². The molecule has 0 atom stereocenters. The molecule has 0 unspecified atom stereocenters. The van der Waals surface area contributed by atoms with Crippen molar-refractivity contribution < 1.29 is 4.79 Å². The molecule has 0 spiro atoms. The number of carbonyl (C=O) groups excluding carboxylic acids is 1. The van der Waals surface area contributed by atoms with Crippen LogP contribution in [0.15, 0.2) is 42.5 Å². The van der Waals surface area contributed by atoms with Crippen LogP contribution in [0.1, 0.15) is 23.6 Å². The van der Waals surface area contributed by atoms with E-state index >= 15 is 0 Å². The molecule has 0 bridgehead atoms. The van der Waals surface area contributed by atoms with E-state index in [9.17, 15) is 4.79 Å². The minimum atomic E-state index is -0.0584. The molecule has 0 aromatic heterocycles. The number of hydrogen-bond donors (Lipinski definition) is 2. The molecular weight excluding hydrogens is 248 g/mol. The van der Waals surface area contributed by atoms with Crippen LogP contribution in [0.5, 0.6) is 0 Å². The fraction of sp³-hybridized carbons (Fsp3) is 0.235. The predicted octanol–water partition coefficient (Wildman–Crippen LogP) is 3.87. The zero-order chi connectivity index (χ0) is 14.5. The maximum Gasteiger partial charge on any atom is 0.221 e. The number of hydrogen-bond acceptors (Lipinski definition) is 2. The molecule has 3 nitrogen and oxygen atoms in total. The Bertz CT molecular complexity index is 600. The molecule has 2 N–H and O–H groups in total. The molecule has 0 aliphatic heterocycles. The monoisotopic (exact) mass is 268 g/mol. The highest BCUT2D eigenvalue weighted by Crippen LogP contribution is 2.18. The smallest absolute Gasteiger partial charge is 0.221 e. The van der Waals surface area contributed by atoms with Gasteiger partial charge in [0.15, 0.2) is 0 Å². The van der Waals surface area contributed by atoms with Crippen LogP contribution < -0.4 is 10.6 Å². The van der Waals surface area contributed by atoms with Gasteiger partial charge in [0.05, 0.1) is 0 Å². The van der Waals surface area contributed by atoms with Crippen molar-refractivity contribution in [3.63, 3.8) is 0 Å². The molecule has 0 aliphatic rings. The topological polar surface area (TPSA) is 41.1 Å². The molecule has 2 rings (SSSR count). The molecule has 0 radical (unpaired) electrons. The second kappa shape index (κ2) is 6.24. The van der Waals surface area contributed by atoms with Crippen LogP contribution in [-0.4, -0.2) is 5.91 Å². The van der Waals surface area contributed by atoms with Crippen molar-refractivity contribution in [1.82, 2.24) is 0 Å². The Morgan fingerprint density at radius 1 is 1.00 bits per heavy atom. The molecule has 0 heterocycles. The lowest BCUT2D eigenvalue weighted by Gasteiger charge is -2.12. The number of carbonyl (C=O) groups is 1. The van der Waals surface area contributed by atoms with Gasteiger partial charge in [0.1, 0.15) is 0 Å². The molecule has 20 heavy (non-hydrogen) atoms. The van der Waals surface area contributed by atoms with E-state index in [-0.39, 0.29) is 5.91 Å². The van der Waals surface area contributed by atoms with E-state index in [1.807, 2.05) is 24.3 Å². The summed E-state index contributed by atoms with van der Waals surface area (Å²) in [4.78, 5) is 11.1. The Morgan fingerprint density at radius 2 is 1.60 bits per heavy atom. The van der Waals surface area contributed by atoms with Crippen molar-refractivity contribution in [2.24, 2.45) is 0 Å². The summed E-state index contributed by atoms with van der Waals surface area (Å²) in [6.45, 7) is 6.54. The molecule has 104 valence electrons. The summed E-state index contributed by atoms with van der Waals surface area (Å²) in [6, 6.07) is 14.1. The molecular formula is C17H20N2O. The molecule has 2 aromatic carbocycles. The molecule has 3 heteroatoms. The maximum atomic E-state index is 11.1. The van der Waals surface area contributed by atoms with E-state index in [1.54, 1.807) is 0 Å². The largest absolute Gasteiger partial charge is 0.381 e. The average molecular weight is 268 g/mol. The molecule has 0 fully saturated rings. The van der Waals surface area contributed by atoms with E-state index in [1.165, 1.54) is 23.6 Å². The Morgan fingerprint density at radius 3 is 2.25 bits per heavy atom. The zero-order valence-electron chi connectivity index (χ0n) is 12.2. The predicted molar refractivity (Wildman–Crippen MR) is 84.0 cm³/mol. The van der Waals surface area contributed by atoms with Crippen molar-refractivity contribution in [2.75, 3.05) is 10.6 Å². The molecule has 0 saturated heterocycles. The summed E-state index contributed by atoms with van der Waals surface area (Å²) in [5.41, 5.74) is 5.70. The first-order valence-electron chi connectivity index (χ1n) is 6.73. The third-order valence-electron chi connectivity index (χ3n) is 3.30. The fourth-order valence-corrected chi connectivity index (χ4v) is 2.23. The summed E-state index contributed by atoms with van der Waals surface area (Å²) < 4.78 is 0. The van der Waals surface area contributed by atoms with E-state index in [0.29, 0.717) is 0 Å². The average Bonchev–Trinajstić information content (AvgIpc) is 2.38. The first kappa shape index (κ1) is 14.1. The lowest BCUT2D eigenvalue weighted by atomic mass is 10.0. The minimum absolute atomic E-state index is 0.0584. The van der Waals surface area contributed by atoms with Crippen LogP contribution in [-0.2, 0) is 11.3 Å². The van der Waals surface area contributed by atoms with E-state index < -0.39 is 0 Å². The van der Waals surface area contributed by atoms with E-state index in [4.69, 9.17) is 0 Å². The maximum absolute atomic E-state index is 11.1. The van der Waals surface area contributed by atoms with Crippen molar-refractivity contribution in [1.29, 1.82) is 0 Å². The Hall–Kier alpha value is -2.29. The van der Waals surface area contributed by atoms with Crippen LogP contribution >= 0.6 is 0 Å². The quantitative estimate of drug-likeness (QED) is 0.883. The van der Waals surface area contributed by atoms with Gasteiger partial charge < -0.3 is 10.6 Å². The molecule has 0 aliphatic carbocycles. The fourth-order valence-electron chi connectivity index (χ4n) is 2.23. The van der Waals surface area contributed by atoms with Gasteiger partial charge in [-0.15, -0.1) is 0 Å². The van der Waals surface area contributed by atoms with Crippen LogP contribution in [0, 0.1) is 13.8 Å². The first-order valence-corrected chi connectivity index (χ1v) is 6.73. The van der Waals surface area contributed by atoms with Gasteiger partial charge in [0, 0.05) is 24.8 Å². The highest BCUT2D eigenvalue weighted by molar-refractivity contribution is 5.89. The number of amides is 1. The Labute approximate surface area is 120 Å². The Kier molecular flexibility index (Phi) is 4.41. The Balaban J connectivity index is 2.09. The third-order valence-corrected chi connectivity index (χ3v) is 3.30. The van der Waals surface area contributed by atoms with Crippen LogP contribution in [0.25, 0.3) is 0 Å². The van der Waals surface area contributed by atoms with Gasteiger partial charge in [-0.3, -0.25) is 4.79 Å². The minimum Gasteiger partial charge on any atom is -0.381 e. The lowest BCUT2D eigenvalue weighted by Crippen LogP contribution is -2.07. The van der Waals surface area contributed by atoms with Gasteiger partial charge in [-0.2, -0.15) is 0 Å². The highest BCUT2D eigenvalue weighted by atomic mass is 16.1. The summed E-state index contributed by atoms with van der Waals surface area (Å²) in [7, 11) is 0. The summed E-state index contributed by atoms with van der Waals surface area (Å²) in [6.07, 6.45) is 0. The van der Waals surface area contributed by atoms with Crippen molar-refractivity contribution in [3.8, 4) is 0 Å². The summed E-state index contributed by atoms with van der Waals surface area (Å²) >= 11 is 0.